The van der Waals surface area contributed by atoms with Crippen molar-refractivity contribution in [3.05, 3.63) is 82.2 Å². The van der Waals surface area contributed by atoms with Crippen LogP contribution >= 0.6 is 0 Å². The molecule has 1 N–H and O–H groups in total. The second-order valence-corrected chi connectivity index (χ2v) is 5.45. The number of hydrogen-bond donors (Lipinski definition) is 1. The molecule has 0 spiro atoms. The first-order valence-electron chi connectivity index (χ1n) is 7.24. The Balaban J connectivity index is 2.09. The van der Waals surface area contributed by atoms with Crippen LogP contribution < -0.4 is 5.56 Å². The summed E-state index contributed by atoms with van der Waals surface area (Å²) in [5.41, 5.74) is 2.91. The summed E-state index contributed by atoms with van der Waals surface area (Å²) in [6.45, 7) is 1.97. The first-order chi connectivity index (χ1) is 11.2. The Morgan fingerprint density at radius 2 is 1.91 bits per heavy atom. The van der Waals surface area contributed by atoms with Crippen molar-refractivity contribution in [2.24, 2.45) is 0 Å². The molecule has 3 heterocycles. The van der Waals surface area contributed by atoms with Crippen molar-refractivity contribution in [1.29, 1.82) is 0 Å². The highest BCUT2D eigenvalue weighted by Crippen LogP contribution is 2.24. The molecule has 4 rings (SSSR count). The van der Waals surface area contributed by atoms with Gasteiger partial charge < -0.3 is 9.38 Å². The largest absolute Gasteiger partial charge is 0.313 e. The molecule has 5 nitrogen and oxygen atoms in total. The number of aromatic nitrogens is 3. The average molecular weight is 303 g/mol. The molecule has 0 fully saturated rings. The Morgan fingerprint density at radius 1 is 1.13 bits per heavy atom. The van der Waals surface area contributed by atoms with Gasteiger partial charge in [-0.2, -0.15) is 0 Å². The average Bonchev–Trinajstić information content (AvgIpc) is 2.90. The van der Waals surface area contributed by atoms with E-state index in [4.69, 9.17) is 0 Å². The van der Waals surface area contributed by atoms with Crippen molar-refractivity contribution in [1.82, 2.24) is 14.4 Å². The quantitative estimate of drug-likeness (QED) is 0.579. The van der Waals surface area contributed by atoms with Gasteiger partial charge >= 0.3 is 0 Å². The number of aromatic amines is 1. The molecule has 0 atom stereocenters. The number of nitrogens with zero attached hydrogens (tertiary/aromatic N) is 2. The normalized spacial score (nSPS) is 11.2. The second-order valence-electron chi connectivity index (χ2n) is 5.45. The Hall–Kier alpha value is -3.21. The Bertz CT molecular complexity index is 1100. The van der Waals surface area contributed by atoms with Crippen LogP contribution in [0.4, 0.5) is 0 Å². The third-order valence-electron chi connectivity index (χ3n) is 3.96. The fourth-order valence-electron chi connectivity index (χ4n) is 2.83. The molecular formula is C18H13N3O2. The Kier molecular flexibility index (Phi) is 2.87. The van der Waals surface area contributed by atoms with Gasteiger partial charge in [-0.15, -0.1) is 0 Å². The number of carbonyl (C=O) groups excluding carboxylic acids is 1. The summed E-state index contributed by atoms with van der Waals surface area (Å²) in [6, 6.07) is 12.8. The highest BCUT2D eigenvalue weighted by molar-refractivity contribution is 6.17. The van der Waals surface area contributed by atoms with Gasteiger partial charge in [-0.1, -0.05) is 35.9 Å². The molecule has 0 aliphatic carbocycles. The van der Waals surface area contributed by atoms with E-state index in [1.54, 1.807) is 22.7 Å². The number of pyridine rings is 1. The van der Waals surface area contributed by atoms with Crippen LogP contribution in [0.2, 0.25) is 0 Å². The minimum Gasteiger partial charge on any atom is -0.313 e. The van der Waals surface area contributed by atoms with Crippen LogP contribution in [0.15, 0.2) is 59.8 Å². The number of nitrogens with one attached hydrogen (secondary N) is 1. The Morgan fingerprint density at radius 3 is 2.70 bits per heavy atom. The second kappa shape index (κ2) is 4.91. The smallest absolute Gasteiger partial charge is 0.260 e. The first-order valence-corrected chi connectivity index (χ1v) is 7.24. The minimum atomic E-state index is -0.248. The fraction of sp³-hybridized carbons (Fsp3) is 0.0556. The summed E-state index contributed by atoms with van der Waals surface area (Å²) >= 11 is 0. The Labute approximate surface area is 131 Å². The van der Waals surface area contributed by atoms with Crippen LogP contribution in [0.5, 0.6) is 0 Å². The maximum Gasteiger partial charge on any atom is 0.260 e. The topological polar surface area (TPSA) is 67.2 Å². The molecule has 1 aromatic carbocycles. The summed E-state index contributed by atoms with van der Waals surface area (Å²) in [7, 11) is 0. The van der Waals surface area contributed by atoms with Crippen LogP contribution in [0.25, 0.3) is 16.4 Å². The lowest BCUT2D eigenvalue weighted by molar-refractivity contribution is 0.103. The van der Waals surface area contributed by atoms with Crippen molar-refractivity contribution >= 4 is 22.2 Å². The molecule has 0 aliphatic rings. The number of rotatable bonds is 2. The highest BCUT2D eigenvalue weighted by Gasteiger charge is 2.21. The van der Waals surface area contributed by atoms with E-state index in [1.807, 2.05) is 37.3 Å². The monoisotopic (exact) mass is 303 g/mol. The van der Waals surface area contributed by atoms with Gasteiger partial charge in [-0.3, -0.25) is 9.59 Å². The molecule has 112 valence electrons. The van der Waals surface area contributed by atoms with E-state index in [0.29, 0.717) is 27.7 Å². The van der Waals surface area contributed by atoms with Crippen LogP contribution in [0.3, 0.4) is 0 Å². The van der Waals surface area contributed by atoms with Crippen LogP contribution in [0.1, 0.15) is 21.6 Å². The molecule has 23 heavy (non-hydrogen) atoms. The molecule has 0 saturated heterocycles. The van der Waals surface area contributed by atoms with Gasteiger partial charge in [0.2, 0.25) is 5.78 Å². The third-order valence-corrected chi connectivity index (χ3v) is 3.96. The fourth-order valence-corrected chi connectivity index (χ4v) is 2.83. The van der Waals surface area contributed by atoms with Crippen molar-refractivity contribution < 1.29 is 4.79 Å². The number of aryl methyl sites for hydroxylation is 1. The van der Waals surface area contributed by atoms with E-state index in [0.717, 1.165) is 5.56 Å². The zero-order valence-corrected chi connectivity index (χ0v) is 12.4. The number of hydrogen-bond acceptors (Lipinski definition) is 3. The number of benzene rings is 1. The number of H-pyrrole nitrogens is 1. The summed E-state index contributed by atoms with van der Waals surface area (Å²) in [5, 5.41) is 0.434. The molecule has 0 bridgehead atoms. The van der Waals surface area contributed by atoms with Crippen molar-refractivity contribution in [3.8, 4) is 0 Å². The number of carbonyl (C=O) groups is 1. The van der Waals surface area contributed by atoms with E-state index >= 15 is 0 Å². The zero-order valence-electron chi connectivity index (χ0n) is 12.4. The lowest BCUT2D eigenvalue weighted by atomic mass is 10.1. The zero-order chi connectivity index (χ0) is 16.0. The van der Waals surface area contributed by atoms with Gasteiger partial charge in [0.1, 0.15) is 11.2 Å². The SMILES string of the molecule is Cc1ccc(C(=O)c2c3nc[nH]c(=O)c3c3ccccn23)cc1. The molecule has 3 aromatic heterocycles. The molecule has 5 heteroatoms. The summed E-state index contributed by atoms with van der Waals surface area (Å²) in [6.07, 6.45) is 3.11. The molecular weight excluding hydrogens is 290 g/mol. The predicted octanol–water partition coefficient (Wildman–Crippen LogP) is 2.72. The van der Waals surface area contributed by atoms with Crippen molar-refractivity contribution in [3.63, 3.8) is 0 Å². The van der Waals surface area contributed by atoms with Crippen LogP contribution in [-0.4, -0.2) is 20.2 Å². The van der Waals surface area contributed by atoms with E-state index in [1.165, 1.54) is 6.33 Å². The third kappa shape index (κ3) is 1.97. The van der Waals surface area contributed by atoms with Gasteiger partial charge in [0, 0.05) is 11.8 Å². The lowest BCUT2D eigenvalue weighted by Crippen LogP contribution is -2.08. The van der Waals surface area contributed by atoms with Gasteiger partial charge in [0.25, 0.3) is 5.56 Å². The van der Waals surface area contributed by atoms with Crippen LogP contribution in [0, 0.1) is 6.92 Å². The van der Waals surface area contributed by atoms with E-state index < -0.39 is 0 Å². The van der Waals surface area contributed by atoms with Crippen molar-refractivity contribution in [2.45, 2.75) is 6.92 Å². The summed E-state index contributed by atoms with van der Waals surface area (Å²) < 4.78 is 1.73. The van der Waals surface area contributed by atoms with Crippen LogP contribution in [-0.2, 0) is 0 Å². The highest BCUT2D eigenvalue weighted by atomic mass is 16.1. The summed E-state index contributed by atoms with van der Waals surface area (Å²) in [4.78, 5) is 32.0. The number of ketones is 1. The maximum absolute atomic E-state index is 13.0. The molecule has 0 radical (unpaired) electrons. The van der Waals surface area contributed by atoms with Gasteiger partial charge in [0.05, 0.1) is 17.2 Å². The molecule has 4 aromatic rings. The molecule has 0 aliphatic heterocycles. The standard InChI is InChI=1S/C18H13N3O2/c1-11-5-7-12(8-6-11)17(22)16-15-14(18(23)20-10-19-15)13-4-2-3-9-21(13)16/h2-10H,1H3,(H,19,20,23). The number of fused-ring (bicyclic) bond motifs is 3. The van der Waals surface area contributed by atoms with E-state index in [-0.39, 0.29) is 11.3 Å². The molecule has 0 amide bonds. The molecule has 0 unspecified atom stereocenters. The van der Waals surface area contributed by atoms with Gasteiger partial charge in [-0.05, 0) is 19.1 Å². The lowest BCUT2D eigenvalue weighted by Gasteiger charge is -2.03. The van der Waals surface area contributed by atoms with E-state index in [9.17, 15) is 9.59 Å². The molecule has 0 saturated carbocycles. The maximum atomic E-state index is 13.0. The predicted molar refractivity (Wildman–Crippen MR) is 87.9 cm³/mol. The summed E-state index contributed by atoms with van der Waals surface area (Å²) in [5.74, 6) is -0.153. The van der Waals surface area contributed by atoms with E-state index in [2.05, 4.69) is 9.97 Å². The minimum absolute atomic E-state index is 0.153. The van der Waals surface area contributed by atoms with Crippen molar-refractivity contribution in [2.75, 3.05) is 0 Å². The van der Waals surface area contributed by atoms with Gasteiger partial charge in [0.15, 0.2) is 0 Å². The first kappa shape index (κ1) is 13.5. The van der Waals surface area contributed by atoms with Gasteiger partial charge in [-0.25, -0.2) is 4.98 Å².